The van der Waals surface area contributed by atoms with E-state index in [0.29, 0.717) is 17.6 Å². The lowest BCUT2D eigenvalue weighted by molar-refractivity contribution is -0.137. The fraction of sp³-hybridized carbons (Fsp3) is 0.316. The smallest absolute Gasteiger partial charge is 0.348 e. The molecule has 0 aliphatic carbocycles. The minimum atomic E-state index is -4.47. The summed E-state index contributed by atoms with van der Waals surface area (Å²) in [6, 6.07) is 8.82. The summed E-state index contributed by atoms with van der Waals surface area (Å²) in [5.74, 6) is -0.590. The summed E-state index contributed by atoms with van der Waals surface area (Å²) in [5.41, 5.74) is -0.425. The number of nitrogens with one attached hydrogen (secondary N) is 1. The fourth-order valence-corrected chi connectivity index (χ4v) is 5.02. The molecule has 0 unspecified atom stereocenters. The van der Waals surface area contributed by atoms with Crippen molar-refractivity contribution in [1.82, 2.24) is 9.62 Å². The molecule has 0 atom stereocenters. The van der Waals surface area contributed by atoms with Gasteiger partial charge in [0.05, 0.1) is 16.0 Å². The Hall–Kier alpha value is -1.91. The summed E-state index contributed by atoms with van der Waals surface area (Å²) in [7, 11) is -3.69. The van der Waals surface area contributed by atoms with Gasteiger partial charge in [-0.1, -0.05) is 12.1 Å². The molecule has 5 nitrogen and oxygen atoms in total. The van der Waals surface area contributed by atoms with Gasteiger partial charge in [0.25, 0.3) is 5.91 Å². The van der Waals surface area contributed by atoms with E-state index < -0.39 is 27.7 Å². The Morgan fingerprint density at radius 1 is 1.10 bits per heavy atom. The van der Waals surface area contributed by atoms with Crippen LogP contribution in [-0.4, -0.2) is 31.7 Å². The summed E-state index contributed by atoms with van der Waals surface area (Å²) in [5, 5.41) is 2.54. The number of benzene rings is 2. The average molecular weight is 491 g/mol. The van der Waals surface area contributed by atoms with Gasteiger partial charge in [-0.2, -0.15) is 17.5 Å². The van der Waals surface area contributed by atoms with Crippen LogP contribution in [0.25, 0.3) is 0 Å². The lowest BCUT2D eigenvalue weighted by atomic mass is 10.1. The van der Waals surface area contributed by atoms with Crippen molar-refractivity contribution in [2.45, 2.75) is 30.5 Å². The van der Waals surface area contributed by atoms with Crippen LogP contribution in [0, 0.1) is 0 Å². The van der Waals surface area contributed by atoms with Crippen LogP contribution in [0.5, 0.6) is 0 Å². The molecule has 1 N–H and O–H groups in total. The highest BCUT2D eigenvalue weighted by Gasteiger charge is 2.30. The van der Waals surface area contributed by atoms with Crippen LogP contribution < -0.4 is 5.32 Å². The standard InChI is InChI=1S/C19H18BrF3N2O3S/c20-17-7-6-15(29(27,28)25-8-1-2-9-25)11-16(17)18(26)24-12-13-4-3-5-14(10-13)19(21,22)23/h3-7,10-11H,1-2,8-9,12H2,(H,24,26). The van der Waals surface area contributed by atoms with Crippen molar-refractivity contribution in [1.29, 1.82) is 0 Å². The van der Waals surface area contributed by atoms with E-state index in [1.165, 1.54) is 34.6 Å². The van der Waals surface area contributed by atoms with Crippen molar-refractivity contribution in [3.05, 3.63) is 63.6 Å². The highest BCUT2D eigenvalue weighted by atomic mass is 79.9. The molecule has 2 aromatic rings. The topological polar surface area (TPSA) is 66.5 Å². The first kappa shape index (κ1) is 21.8. The van der Waals surface area contributed by atoms with Crippen molar-refractivity contribution < 1.29 is 26.4 Å². The Balaban J connectivity index is 1.78. The maximum atomic E-state index is 12.8. The minimum Gasteiger partial charge on any atom is -0.348 e. The number of carbonyl (C=O) groups excluding carboxylic acids is 1. The molecule has 29 heavy (non-hydrogen) atoms. The monoisotopic (exact) mass is 490 g/mol. The quantitative estimate of drug-likeness (QED) is 0.683. The zero-order valence-corrected chi connectivity index (χ0v) is 17.6. The Bertz CT molecular complexity index is 1020. The van der Waals surface area contributed by atoms with Gasteiger partial charge in [0.1, 0.15) is 0 Å². The fourth-order valence-electron chi connectivity index (χ4n) is 3.05. The van der Waals surface area contributed by atoms with Gasteiger partial charge in [-0.15, -0.1) is 0 Å². The van der Waals surface area contributed by atoms with Crippen LogP contribution in [0.1, 0.15) is 34.3 Å². The zero-order valence-electron chi connectivity index (χ0n) is 15.2. The van der Waals surface area contributed by atoms with E-state index in [1.54, 1.807) is 0 Å². The van der Waals surface area contributed by atoms with Crippen LogP contribution in [0.3, 0.4) is 0 Å². The number of rotatable bonds is 5. The second-order valence-electron chi connectivity index (χ2n) is 6.63. The highest BCUT2D eigenvalue weighted by Crippen LogP contribution is 2.30. The number of alkyl halides is 3. The maximum Gasteiger partial charge on any atom is 0.416 e. The highest BCUT2D eigenvalue weighted by molar-refractivity contribution is 9.10. The van der Waals surface area contributed by atoms with Gasteiger partial charge in [0.2, 0.25) is 10.0 Å². The first-order chi connectivity index (χ1) is 13.6. The van der Waals surface area contributed by atoms with Gasteiger partial charge in [0.15, 0.2) is 0 Å². The molecule has 0 aromatic heterocycles. The van der Waals surface area contributed by atoms with Crippen LogP contribution in [0.4, 0.5) is 13.2 Å². The van der Waals surface area contributed by atoms with Crippen molar-refractivity contribution >= 4 is 31.9 Å². The molecule has 1 heterocycles. The SMILES string of the molecule is O=C(NCc1cccc(C(F)(F)F)c1)c1cc(S(=O)(=O)N2CCCC2)ccc1Br. The van der Waals surface area contributed by atoms with E-state index in [2.05, 4.69) is 21.2 Å². The normalized spacial score (nSPS) is 15.4. The number of amides is 1. The van der Waals surface area contributed by atoms with Crippen LogP contribution in [0.2, 0.25) is 0 Å². The summed E-state index contributed by atoms with van der Waals surface area (Å²) < 4.78 is 65.6. The number of nitrogens with zero attached hydrogens (tertiary/aromatic N) is 1. The van der Waals surface area contributed by atoms with Crippen molar-refractivity contribution in [2.24, 2.45) is 0 Å². The van der Waals surface area contributed by atoms with E-state index in [0.717, 1.165) is 25.0 Å². The van der Waals surface area contributed by atoms with E-state index in [1.807, 2.05) is 0 Å². The lowest BCUT2D eigenvalue weighted by Gasteiger charge is -2.16. The van der Waals surface area contributed by atoms with E-state index in [4.69, 9.17) is 0 Å². The van der Waals surface area contributed by atoms with Crippen molar-refractivity contribution in [2.75, 3.05) is 13.1 Å². The number of hydrogen-bond donors (Lipinski definition) is 1. The van der Waals surface area contributed by atoms with Crippen molar-refractivity contribution in [3.63, 3.8) is 0 Å². The third-order valence-electron chi connectivity index (χ3n) is 4.59. The molecule has 1 aliphatic heterocycles. The third kappa shape index (κ3) is 4.99. The summed E-state index contributed by atoms with van der Waals surface area (Å²) in [6.07, 6.45) is -2.89. The van der Waals surface area contributed by atoms with E-state index in [-0.39, 0.29) is 22.6 Å². The van der Waals surface area contributed by atoms with Crippen LogP contribution >= 0.6 is 15.9 Å². The predicted molar refractivity (Wildman–Crippen MR) is 105 cm³/mol. The zero-order chi connectivity index (χ0) is 21.2. The summed E-state index contributed by atoms with van der Waals surface area (Å²) in [4.78, 5) is 12.6. The molecule has 2 aromatic carbocycles. The molecule has 0 saturated carbocycles. The van der Waals surface area contributed by atoms with E-state index >= 15 is 0 Å². The third-order valence-corrected chi connectivity index (χ3v) is 7.18. The molecule has 1 aliphatic rings. The molecule has 0 bridgehead atoms. The molecule has 3 rings (SSSR count). The molecule has 10 heteroatoms. The average Bonchev–Trinajstić information content (AvgIpc) is 3.21. The molecule has 1 fully saturated rings. The second-order valence-corrected chi connectivity index (χ2v) is 9.43. The number of halogens is 4. The van der Waals surface area contributed by atoms with Crippen molar-refractivity contribution in [3.8, 4) is 0 Å². The maximum absolute atomic E-state index is 12.8. The molecule has 0 spiro atoms. The van der Waals surface area contributed by atoms with Crippen LogP contribution in [0.15, 0.2) is 51.8 Å². The predicted octanol–water partition coefficient (Wildman–Crippen LogP) is 4.18. The Labute approximate surface area is 175 Å². The Morgan fingerprint density at radius 3 is 2.45 bits per heavy atom. The first-order valence-corrected chi connectivity index (χ1v) is 11.1. The van der Waals surface area contributed by atoms with Gasteiger partial charge >= 0.3 is 6.18 Å². The number of hydrogen-bond acceptors (Lipinski definition) is 3. The summed E-state index contributed by atoms with van der Waals surface area (Å²) in [6.45, 7) is 0.753. The first-order valence-electron chi connectivity index (χ1n) is 8.83. The lowest BCUT2D eigenvalue weighted by Crippen LogP contribution is -2.28. The molecular formula is C19H18BrF3N2O3S. The van der Waals surface area contributed by atoms with Crippen LogP contribution in [-0.2, 0) is 22.7 Å². The van der Waals surface area contributed by atoms with Gasteiger partial charge in [-0.05, 0) is 64.7 Å². The van der Waals surface area contributed by atoms with E-state index in [9.17, 15) is 26.4 Å². The van der Waals surface area contributed by atoms with Gasteiger partial charge in [-0.25, -0.2) is 8.42 Å². The molecule has 1 saturated heterocycles. The molecule has 0 radical (unpaired) electrons. The Morgan fingerprint density at radius 2 is 1.79 bits per heavy atom. The molecule has 1 amide bonds. The number of carbonyl (C=O) groups is 1. The molecular weight excluding hydrogens is 473 g/mol. The molecule has 156 valence electrons. The second kappa shape index (κ2) is 8.45. The minimum absolute atomic E-state index is 0.00631. The Kier molecular flexibility index (Phi) is 6.35. The van der Waals surface area contributed by atoms with Gasteiger partial charge in [0, 0.05) is 24.1 Å². The van der Waals surface area contributed by atoms with Gasteiger partial charge in [-0.3, -0.25) is 4.79 Å². The number of sulfonamides is 1. The van der Waals surface area contributed by atoms with Gasteiger partial charge < -0.3 is 5.32 Å². The summed E-state index contributed by atoms with van der Waals surface area (Å²) >= 11 is 3.23. The largest absolute Gasteiger partial charge is 0.416 e.